The summed E-state index contributed by atoms with van der Waals surface area (Å²) in [7, 11) is 8.70. The molecule has 0 saturated heterocycles. The van der Waals surface area contributed by atoms with E-state index in [9.17, 15) is 10.2 Å². The van der Waals surface area contributed by atoms with E-state index in [4.69, 9.17) is 18.9 Å². The molecule has 486 valence electrons. The van der Waals surface area contributed by atoms with Gasteiger partial charge in [-0.2, -0.15) is 0 Å². The number of hydrogen-bond donors (Lipinski definition) is 2. The third kappa shape index (κ3) is 63.2. The summed E-state index contributed by atoms with van der Waals surface area (Å²) >= 11 is 0. The Morgan fingerprint density at radius 3 is 0.625 bits per heavy atom. The maximum Gasteiger partial charge on any atom is 0.134 e. The SMILES string of the molecule is CCCCCCCCCCCCCCOCC(C[N+](C)(C)CC(O)C(O)C[N+](C)(C)CC(COCCCCCCCCCCCCCC)OCCCCCCCCCCCCCC)OCCCCCCCCCCCCCC.[Br-].[Br-]. The van der Waals surface area contributed by atoms with Crippen molar-refractivity contribution in [3.05, 3.63) is 0 Å². The zero-order valence-corrected chi connectivity index (χ0v) is 58.7. The first kappa shape index (κ1) is 84.8. The monoisotopic (exact) mass is 1270 g/mol. The molecule has 0 aliphatic heterocycles. The highest BCUT2D eigenvalue weighted by Gasteiger charge is 2.34. The topological polar surface area (TPSA) is 77.4 Å². The lowest BCUT2D eigenvalue weighted by molar-refractivity contribution is -0.905. The lowest BCUT2D eigenvalue weighted by Gasteiger charge is -2.38. The summed E-state index contributed by atoms with van der Waals surface area (Å²) < 4.78 is 27.0. The zero-order chi connectivity index (χ0) is 57.2. The fourth-order valence-electron chi connectivity index (χ4n) is 11.7. The van der Waals surface area contributed by atoms with Crippen LogP contribution < -0.4 is 34.0 Å². The van der Waals surface area contributed by atoms with Crippen LogP contribution in [-0.4, -0.2) is 138 Å². The molecule has 0 heterocycles. The van der Waals surface area contributed by atoms with Crippen molar-refractivity contribution in [2.75, 3.05) is 94.0 Å². The standard InChI is InChI=1S/C70H146N2O6.2BrH/c1-9-13-17-21-25-29-33-37-41-45-49-53-57-75-65-67(77-59-55-51-47-43-39-35-31-27-23-19-15-11-3)61-71(5,6)63-69(73)70(74)64-72(7,8)62-68(78-60-56-52-48-44-40-36-32-28-24-20-16-12-4)66-76-58-54-50-46-42-38-34-30-26-22-18-14-10-2;;/h67-70,73-74H,9-66H2,1-8H3;2*1H/q+2;;/p-2. The van der Waals surface area contributed by atoms with Crippen molar-refractivity contribution >= 4 is 0 Å². The molecule has 0 rings (SSSR count). The van der Waals surface area contributed by atoms with Crippen LogP contribution in [0.5, 0.6) is 0 Å². The van der Waals surface area contributed by atoms with Gasteiger partial charge in [0.05, 0.1) is 41.4 Å². The highest BCUT2D eigenvalue weighted by molar-refractivity contribution is 4.69. The number of quaternary nitrogens is 2. The van der Waals surface area contributed by atoms with E-state index in [1.54, 1.807) is 0 Å². The minimum Gasteiger partial charge on any atom is -1.00 e. The predicted octanol–water partition coefficient (Wildman–Crippen LogP) is 13.5. The zero-order valence-electron chi connectivity index (χ0n) is 55.5. The fraction of sp³-hybridized carbons (Fsp3) is 1.00. The maximum atomic E-state index is 11.6. The van der Waals surface area contributed by atoms with Crippen molar-refractivity contribution in [3.8, 4) is 0 Å². The number of aliphatic hydroxyl groups excluding tert-OH is 2. The van der Waals surface area contributed by atoms with Crippen molar-refractivity contribution < 1.29 is 72.1 Å². The third-order valence-electron chi connectivity index (χ3n) is 16.8. The molecule has 0 fully saturated rings. The molecule has 0 aromatic heterocycles. The van der Waals surface area contributed by atoms with Gasteiger partial charge in [0.2, 0.25) is 0 Å². The van der Waals surface area contributed by atoms with Gasteiger partial charge in [0.25, 0.3) is 0 Å². The summed E-state index contributed by atoms with van der Waals surface area (Å²) in [5.41, 5.74) is 0. The van der Waals surface area contributed by atoms with Crippen LogP contribution in [0, 0.1) is 0 Å². The number of unbranched alkanes of at least 4 members (excludes halogenated alkanes) is 44. The summed E-state index contributed by atoms with van der Waals surface area (Å²) in [4.78, 5) is 0. The number of halogens is 2. The largest absolute Gasteiger partial charge is 1.00 e. The molecule has 80 heavy (non-hydrogen) atoms. The first-order chi connectivity index (χ1) is 38.0. The van der Waals surface area contributed by atoms with Crippen LogP contribution in [-0.2, 0) is 18.9 Å². The van der Waals surface area contributed by atoms with Gasteiger partial charge in [-0.3, -0.25) is 0 Å². The highest BCUT2D eigenvalue weighted by atomic mass is 79.9. The van der Waals surface area contributed by atoms with Crippen LogP contribution in [0.15, 0.2) is 0 Å². The quantitative estimate of drug-likeness (QED) is 0.0467. The molecule has 0 aromatic rings. The lowest BCUT2D eigenvalue weighted by Crippen LogP contribution is -3.00. The van der Waals surface area contributed by atoms with Gasteiger partial charge < -0.3 is 72.1 Å². The molecule has 0 amide bonds. The van der Waals surface area contributed by atoms with E-state index in [1.807, 2.05) is 0 Å². The number of ether oxygens (including phenoxy) is 4. The Morgan fingerprint density at radius 1 is 0.250 bits per heavy atom. The highest BCUT2D eigenvalue weighted by Crippen LogP contribution is 2.19. The van der Waals surface area contributed by atoms with E-state index in [-0.39, 0.29) is 46.2 Å². The van der Waals surface area contributed by atoms with Crippen molar-refractivity contribution in [1.82, 2.24) is 0 Å². The van der Waals surface area contributed by atoms with Gasteiger partial charge in [-0.25, -0.2) is 0 Å². The Balaban J connectivity index is -0.0000296. The van der Waals surface area contributed by atoms with E-state index >= 15 is 0 Å². The Morgan fingerprint density at radius 2 is 0.425 bits per heavy atom. The molecule has 0 radical (unpaired) electrons. The summed E-state index contributed by atoms with van der Waals surface area (Å²) in [6.45, 7) is 15.8. The molecule has 0 aromatic carbocycles. The second-order valence-electron chi connectivity index (χ2n) is 26.4. The molecule has 0 spiro atoms. The Hall–Kier alpha value is 0.640. The normalized spacial score (nSPS) is 13.6. The minimum absolute atomic E-state index is 0. The smallest absolute Gasteiger partial charge is 0.134 e. The second-order valence-corrected chi connectivity index (χ2v) is 26.4. The van der Waals surface area contributed by atoms with E-state index < -0.39 is 12.2 Å². The van der Waals surface area contributed by atoms with Crippen LogP contribution in [0.25, 0.3) is 0 Å². The molecule has 0 saturated carbocycles. The molecule has 0 aliphatic carbocycles. The van der Waals surface area contributed by atoms with Crippen molar-refractivity contribution in [2.24, 2.45) is 0 Å². The first-order valence-corrected chi connectivity index (χ1v) is 35.4. The van der Waals surface area contributed by atoms with E-state index in [2.05, 4.69) is 55.9 Å². The molecule has 10 heteroatoms. The van der Waals surface area contributed by atoms with Gasteiger partial charge in [-0.05, 0) is 25.7 Å². The van der Waals surface area contributed by atoms with Gasteiger partial charge in [0.1, 0.15) is 50.6 Å². The number of rotatable bonds is 67. The Labute approximate surface area is 523 Å². The van der Waals surface area contributed by atoms with E-state index in [1.165, 1.54) is 283 Å². The van der Waals surface area contributed by atoms with Gasteiger partial charge in [-0.15, -0.1) is 0 Å². The Kier molecular flexibility index (Phi) is 69.6. The number of aliphatic hydroxyl groups is 2. The summed E-state index contributed by atoms with van der Waals surface area (Å²) in [5.74, 6) is 0. The molecule has 4 unspecified atom stereocenters. The van der Waals surface area contributed by atoms with Crippen LogP contribution in [0.4, 0.5) is 0 Å². The lowest BCUT2D eigenvalue weighted by atomic mass is 10.1. The van der Waals surface area contributed by atoms with Gasteiger partial charge in [0, 0.05) is 26.4 Å². The fourth-order valence-corrected chi connectivity index (χ4v) is 11.7. The van der Waals surface area contributed by atoms with Gasteiger partial charge in [-0.1, -0.05) is 310 Å². The number of hydrogen-bond acceptors (Lipinski definition) is 6. The van der Waals surface area contributed by atoms with Crippen LogP contribution in [0.2, 0.25) is 0 Å². The summed E-state index contributed by atoms with van der Waals surface area (Å²) in [5, 5.41) is 23.3. The number of likely N-dealkylation sites (N-methyl/N-ethyl adjacent to an activating group) is 2. The van der Waals surface area contributed by atoms with Crippen molar-refractivity contribution in [1.29, 1.82) is 0 Å². The average Bonchev–Trinajstić information content (AvgIpc) is 3.41. The molecule has 8 nitrogen and oxygen atoms in total. The van der Waals surface area contributed by atoms with E-state index in [0.29, 0.717) is 35.3 Å². The third-order valence-corrected chi connectivity index (χ3v) is 16.8. The second kappa shape index (κ2) is 65.6. The Bertz CT molecular complexity index is 1070. The number of nitrogens with zero attached hydrogens (tertiary/aromatic N) is 2. The van der Waals surface area contributed by atoms with Gasteiger partial charge in [0.15, 0.2) is 0 Å². The maximum absolute atomic E-state index is 11.6. The molecule has 2 N–H and O–H groups in total. The minimum atomic E-state index is -0.848. The van der Waals surface area contributed by atoms with Crippen LogP contribution in [0.3, 0.4) is 0 Å². The van der Waals surface area contributed by atoms with Gasteiger partial charge >= 0.3 is 0 Å². The van der Waals surface area contributed by atoms with Crippen LogP contribution >= 0.6 is 0 Å². The molecular formula is C70H146Br2N2O6. The van der Waals surface area contributed by atoms with E-state index in [0.717, 1.165) is 65.2 Å². The predicted molar refractivity (Wildman–Crippen MR) is 341 cm³/mol. The van der Waals surface area contributed by atoms with Crippen molar-refractivity contribution in [2.45, 2.75) is 360 Å². The molecule has 0 aliphatic rings. The molecular weight excluding hydrogens is 1120 g/mol. The summed E-state index contributed by atoms with van der Waals surface area (Å²) in [6.07, 6.45) is 62.5. The molecule has 4 atom stereocenters. The average molecular weight is 1270 g/mol. The summed E-state index contributed by atoms with van der Waals surface area (Å²) in [6, 6.07) is 0. The first-order valence-electron chi connectivity index (χ1n) is 35.4. The molecule has 0 bridgehead atoms. The van der Waals surface area contributed by atoms with Crippen LogP contribution in [0.1, 0.15) is 336 Å². The van der Waals surface area contributed by atoms with Crippen molar-refractivity contribution in [3.63, 3.8) is 0 Å².